The molecule has 0 unspecified atom stereocenters. The summed E-state index contributed by atoms with van der Waals surface area (Å²) in [7, 11) is 0. The van der Waals surface area contributed by atoms with E-state index < -0.39 is 0 Å². The minimum atomic E-state index is 0.323. The van der Waals surface area contributed by atoms with E-state index in [0.29, 0.717) is 5.92 Å². The molecule has 0 atom stereocenters. The van der Waals surface area contributed by atoms with Crippen LogP contribution in [-0.4, -0.2) is 15.0 Å². The SMILES string of the molecule is CC(C)c1nc(Br)cc(Sc2ccncc2)n1. The van der Waals surface area contributed by atoms with Crippen molar-refractivity contribution in [2.24, 2.45) is 0 Å². The summed E-state index contributed by atoms with van der Waals surface area (Å²) in [5.74, 6) is 1.18. The third-order valence-corrected chi connectivity index (χ3v) is 3.41. The van der Waals surface area contributed by atoms with Gasteiger partial charge in [0.2, 0.25) is 0 Å². The molecule has 3 nitrogen and oxygen atoms in total. The fourth-order valence-corrected chi connectivity index (χ4v) is 2.61. The van der Waals surface area contributed by atoms with Gasteiger partial charge in [-0.2, -0.15) is 0 Å². The van der Waals surface area contributed by atoms with Gasteiger partial charge in [-0.1, -0.05) is 25.6 Å². The first-order valence-corrected chi connectivity index (χ1v) is 6.88. The second kappa shape index (κ2) is 5.60. The van der Waals surface area contributed by atoms with E-state index >= 15 is 0 Å². The first kappa shape index (κ1) is 12.5. The molecule has 0 amide bonds. The van der Waals surface area contributed by atoms with Crippen LogP contribution in [0.5, 0.6) is 0 Å². The first-order chi connectivity index (χ1) is 8.15. The number of rotatable bonds is 3. The number of aromatic nitrogens is 3. The van der Waals surface area contributed by atoms with E-state index in [1.54, 1.807) is 24.2 Å². The molecule has 2 aromatic heterocycles. The normalized spacial score (nSPS) is 10.8. The van der Waals surface area contributed by atoms with Crippen molar-refractivity contribution in [1.29, 1.82) is 0 Å². The highest BCUT2D eigenvalue weighted by Gasteiger charge is 2.07. The van der Waals surface area contributed by atoms with E-state index in [1.807, 2.05) is 18.2 Å². The number of hydrogen-bond acceptors (Lipinski definition) is 4. The Morgan fingerprint density at radius 1 is 1.18 bits per heavy atom. The molecule has 2 heterocycles. The van der Waals surface area contributed by atoms with Crippen molar-refractivity contribution >= 4 is 27.7 Å². The van der Waals surface area contributed by atoms with Crippen LogP contribution < -0.4 is 0 Å². The summed E-state index contributed by atoms with van der Waals surface area (Å²) in [6.07, 6.45) is 3.56. The smallest absolute Gasteiger partial charge is 0.133 e. The second-order valence-electron chi connectivity index (χ2n) is 3.83. The molecule has 88 valence electrons. The van der Waals surface area contributed by atoms with Gasteiger partial charge in [-0.15, -0.1) is 0 Å². The van der Waals surface area contributed by atoms with Crippen LogP contribution in [0.4, 0.5) is 0 Å². The minimum Gasteiger partial charge on any atom is -0.265 e. The molecule has 0 spiro atoms. The van der Waals surface area contributed by atoms with E-state index in [0.717, 1.165) is 20.3 Å². The average molecular weight is 310 g/mol. The number of pyridine rings is 1. The maximum Gasteiger partial charge on any atom is 0.133 e. The number of nitrogens with zero attached hydrogens (tertiary/aromatic N) is 3. The Morgan fingerprint density at radius 3 is 2.53 bits per heavy atom. The summed E-state index contributed by atoms with van der Waals surface area (Å²) < 4.78 is 0.827. The standard InChI is InChI=1S/C12H12BrN3S/c1-8(2)12-15-10(13)7-11(16-12)17-9-3-5-14-6-4-9/h3-8H,1-2H3. The highest BCUT2D eigenvalue weighted by molar-refractivity contribution is 9.10. The largest absolute Gasteiger partial charge is 0.265 e. The summed E-state index contributed by atoms with van der Waals surface area (Å²) >= 11 is 5.03. The lowest BCUT2D eigenvalue weighted by molar-refractivity contribution is 0.748. The molecule has 0 aliphatic heterocycles. The molecule has 0 saturated carbocycles. The van der Waals surface area contributed by atoms with Gasteiger partial charge in [0, 0.05) is 29.3 Å². The van der Waals surface area contributed by atoms with Crippen LogP contribution in [0.3, 0.4) is 0 Å². The number of halogens is 1. The van der Waals surface area contributed by atoms with E-state index in [1.165, 1.54) is 0 Å². The van der Waals surface area contributed by atoms with Crippen molar-refractivity contribution in [1.82, 2.24) is 15.0 Å². The quantitative estimate of drug-likeness (QED) is 0.806. The van der Waals surface area contributed by atoms with Crippen LogP contribution >= 0.6 is 27.7 Å². The molecule has 0 aromatic carbocycles. The molecule has 2 aromatic rings. The van der Waals surface area contributed by atoms with Gasteiger partial charge in [0.15, 0.2) is 0 Å². The molecule has 5 heteroatoms. The fraction of sp³-hybridized carbons (Fsp3) is 0.250. The maximum atomic E-state index is 4.53. The van der Waals surface area contributed by atoms with Gasteiger partial charge in [-0.05, 0) is 28.1 Å². The van der Waals surface area contributed by atoms with Crippen molar-refractivity contribution in [3.63, 3.8) is 0 Å². The Hall–Kier alpha value is -0.940. The molecule has 0 aliphatic carbocycles. The highest BCUT2D eigenvalue weighted by Crippen LogP contribution is 2.28. The Balaban J connectivity index is 2.27. The van der Waals surface area contributed by atoms with Gasteiger partial charge in [0.25, 0.3) is 0 Å². The van der Waals surface area contributed by atoms with Crippen molar-refractivity contribution in [2.45, 2.75) is 29.7 Å². The highest BCUT2D eigenvalue weighted by atomic mass is 79.9. The lowest BCUT2D eigenvalue weighted by Crippen LogP contribution is -1.98. The third-order valence-electron chi connectivity index (χ3n) is 2.08. The van der Waals surface area contributed by atoms with Gasteiger partial charge >= 0.3 is 0 Å². The van der Waals surface area contributed by atoms with E-state index in [-0.39, 0.29) is 0 Å². The molecule has 17 heavy (non-hydrogen) atoms. The molecule has 0 radical (unpaired) electrons. The van der Waals surface area contributed by atoms with E-state index in [4.69, 9.17) is 0 Å². The lowest BCUT2D eigenvalue weighted by Gasteiger charge is -2.07. The predicted molar refractivity (Wildman–Crippen MR) is 72.2 cm³/mol. The summed E-state index contributed by atoms with van der Waals surface area (Å²) in [4.78, 5) is 14.0. The van der Waals surface area contributed by atoms with Crippen LogP contribution in [0.1, 0.15) is 25.6 Å². The topological polar surface area (TPSA) is 38.7 Å². The average Bonchev–Trinajstić information content (AvgIpc) is 2.29. The van der Waals surface area contributed by atoms with Crippen LogP contribution in [0.25, 0.3) is 0 Å². The summed E-state index contributed by atoms with van der Waals surface area (Å²) in [6, 6.07) is 5.86. The van der Waals surface area contributed by atoms with Crippen molar-refractivity contribution in [2.75, 3.05) is 0 Å². The van der Waals surface area contributed by atoms with Gasteiger partial charge < -0.3 is 0 Å². The van der Waals surface area contributed by atoms with E-state index in [9.17, 15) is 0 Å². The zero-order valence-corrected chi connectivity index (χ0v) is 12.0. The Kier molecular flexibility index (Phi) is 4.12. The molecule has 0 saturated heterocycles. The van der Waals surface area contributed by atoms with Gasteiger partial charge in [0.1, 0.15) is 15.5 Å². The van der Waals surface area contributed by atoms with Crippen molar-refractivity contribution in [3.05, 3.63) is 41.0 Å². The van der Waals surface area contributed by atoms with Crippen LogP contribution in [0.15, 0.2) is 45.1 Å². The molecule has 0 N–H and O–H groups in total. The van der Waals surface area contributed by atoms with Gasteiger partial charge in [0.05, 0.1) is 0 Å². The van der Waals surface area contributed by atoms with Crippen molar-refractivity contribution in [3.8, 4) is 0 Å². The predicted octanol–water partition coefficient (Wildman–Crippen LogP) is 3.91. The monoisotopic (exact) mass is 309 g/mol. The zero-order chi connectivity index (χ0) is 12.3. The number of hydrogen-bond donors (Lipinski definition) is 0. The summed E-state index contributed by atoms with van der Waals surface area (Å²) in [5, 5.41) is 0.946. The second-order valence-corrected chi connectivity index (χ2v) is 5.73. The van der Waals surface area contributed by atoms with Gasteiger partial charge in [-0.25, -0.2) is 9.97 Å². The van der Waals surface area contributed by atoms with Crippen LogP contribution in [-0.2, 0) is 0 Å². The Bertz CT molecular complexity index is 502. The third kappa shape index (κ3) is 3.51. The molecular weight excluding hydrogens is 298 g/mol. The first-order valence-electron chi connectivity index (χ1n) is 5.27. The molecule has 0 fully saturated rings. The minimum absolute atomic E-state index is 0.323. The van der Waals surface area contributed by atoms with E-state index in [2.05, 4.69) is 44.7 Å². The molecular formula is C12H12BrN3S. The van der Waals surface area contributed by atoms with Crippen LogP contribution in [0, 0.1) is 0 Å². The Morgan fingerprint density at radius 2 is 1.88 bits per heavy atom. The van der Waals surface area contributed by atoms with Gasteiger partial charge in [-0.3, -0.25) is 4.98 Å². The maximum absolute atomic E-state index is 4.53. The summed E-state index contributed by atoms with van der Waals surface area (Å²) in [5.41, 5.74) is 0. The zero-order valence-electron chi connectivity index (χ0n) is 9.59. The Labute approximate surface area is 113 Å². The molecule has 2 rings (SSSR count). The van der Waals surface area contributed by atoms with Crippen molar-refractivity contribution < 1.29 is 0 Å². The summed E-state index contributed by atoms with van der Waals surface area (Å²) in [6.45, 7) is 4.17. The van der Waals surface area contributed by atoms with Crippen LogP contribution in [0.2, 0.25) is 0 Å². The fourth-order valence-electron chi connectivity index (χ4n) is 1.25. The molecule has 0 bridgehead atoms. The lowest BCUT2D eigenvalue weighted by atomic mass is 10.2. The molecule has 0 aliphatic rings.